The minimum atomic E-state index is -0.519. The minimum Gasteiger partial charge on any atom is -0.481 e. The Morgan fingerprint density at radius 1 is 1.45 bits per heavy atom. The third-order valence-electron chi connectivity index (χ3n) is 3.04. The molecule has 1 fully saturated rings. The summed E-state index contributed by atoms with van der Waals surface area (Å²) in [4.78, 5) is 17.3. The zero-order chi connectivity index (χ0) is 14.9. The summed E-state index contributed by atoms with van der Waals surface area (Å²) in [7, 11) is 1.44. The van der Waals surface area contributed by atoms with Crippen molar-refractivity contribution in [2.24, 2.45) is 0 Å². The fourth-order valence-corrected chi connectivity index (χ4v) is 1.99. The lowest BCUT2D eigenvalue weighted by molar-refractivity contribution is 0.00786. The number of ether oxygens (including phenoxy) is 2. The van der Waals surface area contributed by atoms with E-state index in [4.69, 9.17) is 9.47 Å². The number of methoxy groups -OCH3 is 1. The van der Waals surface area contributed by atoms with Crippen molar-refractivity contribution >= 4 is 6.09 Å². The quantitative estimate of drug-likeness (QED) is 0.836. The number of amides is 1. The Morgan fingerprint density at radius 3 is 2.60 bits per heavy atom. The molecule has 0 saturated carbocycles. The first kappa shape index (κ1) is 14.6. The first-order valence-corrected chi connectivity index (χ1v) is 6.47. The Morgan fingerprint density at radius 2 is 2.10 bits per heavy atom. The third-order valence-corrected chi connectivity index (χ3v) is 3.04. The summed E-state index contributed by atoms with van der Waals surface area (Å²) in [5.74, 6) is -0.152. The number of carbonyl (C=O) groups is 1. The third kappa shape index (κ3) is 3.18. The number of aromatic nitrogens is 1. The van der Waals surface area contributed by atoms with E-state index in [2.05, 4.69) is 4.98 Å². The van der Waals surface area contributed by atoms with Crippen molar-refractivity contribution in [3.8, 4) is 5.88 Å². The van der Waals surface area contributed by atoms with Gasteiger partial charge in [0.2, 0.25) is 5.88 Å². The van der Waals surface area contributed by atoms with E-state index in [0.29, 0.717) is 18.7 Å². The summed E-state index contributed by atoms with van der Waals surface area (Å²) in [6, 6.07) is 1.26. The molecule has 20 heavy (non-hydrogen) atoms. The molecule has 6 heteroatoms. The molecule has 1 aliphatic heterocycles. The highest BCUT2D eigenvalue weighted by Crippen LogP contribution is 2.30. The number of nitrogens with zero attached hydrogens (tertiary/aromatic N) is 2. The van der Waals surface area contributed by atoms with Crippen LogP contribution in [0.25, 0.3) is 0 Å². The van der Waals surface area contributed by atoms with Crippen molar-refractivity contribution in [2.75, 3.05) is 20.2 Å². The predicted molar refractivity (Wildman–Crippen MR) is 71.3 cm³/mol. The number of hydrogen-bond donors (Lipinski definition) is 0. The van der Waals surface area contributed by atoms with Gasteiger partial charge < -0.3 is 14.4 Å². The van der Waals surface area contributed by atoms with Crippen LogP contribution in [-0.4, -0.2) is 41.8 Å². The van der Waals surface area contributed by atoms with Crippen LogP contribution in [0.15, 0.2) is 12.3 Å². The van der Waals surface area contributed by atoms with Gasteiger partial charge in [-0.1, -0.05) is 0 Å². The lowest BCUT2D eigenvalue weighted by Crippen LogP contribution is -2.50. The lowest BCUT2D eigenvalue weighted by atomic mass is 9.93. The highest BCUT2D eigenvalue weighted by atomic mass is 19.1. The number of hydrogen-bond acceptors (Lipinski definition) is 4. The van der Waals surface area contributed by atoms with Gasteiger partial charge in [-0.2, -0.15) is 0 Å². The standard InChI is InChI=1S/C14H19FN2O3/c1-14(2,3)20-13(18)17-7-9(8-17)10-6-16-12(19-4)5-11(10)15/h5-6,9H,7-8H2,1-4H3. The Hall–Kier alpha value is -1.85. The van der Waals surface area contributed by atoms with Crippen LogP contribution in [0.4, 0.5) is 9.18 Å². The molecule has 1 amide bonds. The lowest BCUT2D eigenvalue weighted by Gasteiger charge is -2.39. The van der Waals surface area contributed by atoms with Crippen molar-refractivity contribution in [1.29, 1.82) is 0 Å². The molecule has 0 bridgehead atoms. The molecule has 0 aliphatic carbocycles. The van der Waals surface area contributed by atoms with Gasteiger partial charge in [0.15, 0.2) is 0 Å². The van der Waals surface area contributed by atoms with Gasteiger partial charge in [0.1, 0.15) is 11.4 Å². The molecule has 1 aromatic heterocycles. The molecule has 0 atom stereocenters. The molecule has 110 valence electrons. The highest BCUT2D eigenvalue weighted by Gasteiger charge is 2.36. The van der Waals surface area contributed by atoms with E-state index in [1.165, 1.54) is 19.4 Å². The van der Waals surface area contributed by atoms with E-state index in [9.17, 15) is 9.18 Å². The van der Waals surface area contributed by atoms with Gasteiger partial charge >= 0.3 is 6.09 Å². The smallest absolute Gasteiger partial charge is 0.410 e. The van der Waals surface area contributed by atoms with Gasteiger partial charge in [0, 0.05) is 36.8 Å². The maximum absolute atomic E-state index is 13.9. The Kier molecular flexibility index (Phi) is 3.83. The van der Waals surface area contributed by atoms with E-state index in [1.807, 2.05) is 20.8 Å². The molecule has 0 spiro atoms. The fraction of sp³-hybridized carbons (Fsp3) is 0.571. The molecule has 1 aromatic rings. The molecule has 0 N–H and O–H groups in total. The second-order valence-electron chi connectivity index (χ2n) is 5.83. The molecule has 0 radical (unpaired) electrons. The number of halogens is 1. The molecule has 1 saturated heterocycles. The normalized spacial score (nSPS) is 15.8. The molecular formula is C14H19FN2O3. The zero-order valence-electron chi connectivity index (χ0n) is 12.1. The Bertz CT molecular complexity index is 508. The summed E-state index contributed by atoms with van der Waals surface area (Å²) < 4.78 is 24.0. The van der Waals surface area contributed by atoms with Crippen molar-refractivity contribution in [3.05, 3.63) is 23.6 Å². The van der Waals surface area contributed by atoms with E-state index < -0.39 is 5.60 Å². The average Bonchev–Trinajstić information content (AvgIpc) is 2.26. The monoisotopic (exact) mass is 282 g/mol. The molecule has 2 heterocycles. The molecule has 1 aliphatic rings. The van der Waals surface area contributed by atoms with Crippen molar-refractivity contribution in [1.82, 2.24) is 9.88 Å². The molecule has 5 nitrogen and oxygen atoms in total. The number of carbonyl (C=O) groups excluding carboxylic acids is 1. The molecular weight excluding hydrogens is 263 g/mol. The van der Waals surface area contributed by atoms with E-state index in [1.54, 1.807) is 4.90 Å². The van der Waals surface area contributed by atoms with Crippen LogP contribution in [0.1, 0.15) is 32.3 Å². The maximum Gasteiger partial charge on any atom is 0.410 e. The van der Waals surface area contributed by atoms with E-state index in [0.717, 1.165) is 0 Å². The van der Waals surface area contributed by atoms with Gasteiger partial charge in [0.05, 0.1) is 7.11 Å². The van der Waals surface area contributed by atoms with E-state index >= 15 is 0 Å². The molecule has 0 aromatic carbocycles. The first-order chi connectivity index (χ1) is 9.30. The first-order valence-electron chi connectivity index (χ1n) is 6.47. The Labute approximate surface area is 117 Å². The molecule has 2 rings (SSSR count). The second kappa shape index (κ2) is 5.26. The van der Waals surface area contributed by atoms with Crippen molar-refractivity contribution in [2.45, 2.75) is 32.3 Å². The van der Waals surface area contributed by atoms with Gasteiger partial charge in [0.25, 0.3) is 0 Å². The van der Waals surface area contributed by atoms with Crippen LogP contribution < -0.4 is 4.74 Å². The van der Waals surface area contributed by atoms with Crippen LogP contribution in [0, 0.1) is 5.82 Å². The second-order valence-corrected chi connectivity index (χ2v) is 5.83. The topological polar surface area (TPSA) is 51.7 Å². The minimum absolute atomic E-state index is 0.0408. The largest absolute Gasteiger partial charge is 0.481 e. The number of likely N-dealkylation sites (tertiary alicyclic amines) is 1. The number of rotatable bonds is 2. The maximum atomic E-state index is 13.9. The summed E-state index contributed by atoms with van der Waals surface area (Å²) in [5, 5.41) is 0. The SMILES string of the molecule is COc1cc(F)c(C2CN(C(=O)OC(C)(C)C)C2)cn1. The zero-order valence-corrected chi connectivity index (χ0v) is 12.1. The van der Waals surface area contributed by atoms with Crippen LogP contribution in [0.2, 0.25) is 0 Å². The highest BCUT2D eigenvalue weighted by molar-refractivity contribution is 5.69. The fourth-order valence-electron chi connectivity index (χ4n) is 1.99. The molecule has 0 unspecified atom stereocenters. The van der Waals surface area contributed by atoms with Crippen LogP contribution in [-0.2, 0) is 4.74 Å². The van der Waals surface area contributed by atoms with Crippen LogP contribution in [0.3, 0.4) is 0 Å². The van der Waals surface area contributed by atoms with Crippen molar-refractivity contribution < 1.29 is 18.7 Å². The van der Waals surface area contributed by atoms with Gasteiger partial charge in [-0.3, -0.25) is 0 Å². The number of pyridine rings is 1. The van der Waals surface area contributed by atoms with Crippen LogP contribution in [0.5, 0.6) is 5.88 Å². The van der Waals surface area contributed by atoms with Gasteiger partial charge in [-0.25, -0.2) is 14.2 Å². The van der Waals surface area contributed by atoms with Crippen molar-refractivity contribution in [3.63, 3.8) is 0 Å². The van der Waals surface area contributed by atoms with Gasteiger partial charge in [-0.15, -0.1) is 0 Å². The predicted octanol–water partition coefficient (Wildman–Crippen LogP) is 2.56. The van der Waals surface area contributed by atoms with Gasteiger partial charge in [-0.05, 0) is 20.8 Å². The summed E-state index contributed by atoms with van der Waals surface area (Å²) in [5.41, 5.74) is -0.0136. The Balaban J connectivity index is 1.95. The van der Waals surface area contributed by atoms with Crippen LogP contribution >= 0.6 is 0 Å². The summed E-state index contributed by atoms with van der Waals surface area (Å²) >= 11 is 0. The average molecular weight is 282 g/mol. The summed E-state index contributed by atoms with van der Waals surface area (Å²) in [6.07, 6.45) is 1.10. The van der Waals surface area contributed by atoms with E-state index in [-0.39, 0.29) is 23.7 Å². The summed E-state index contributed by atoms with van der Waals surface area (Å²) in [6.45, 7) is 6.33.